The first-order chi connectivity index (χ1) is 4.20. The normalized spacial score (nSPS) is 11.7. The minimum atomic E-state index is -0.581. The van der Waals surface area contributed by atoms with Gasteiger partial charge in [0.15, 0.2) is 24.4 Å². The first-order valence-electron chi connectivity index (χ1n) is 2.46. The van der Waals surface area contributed by atoms with E-state index in [-0.39, 0.29) is 5.76 Å². The maximum absolute atomic E-state index is 9.87. The number of rotatable bonds is 4. The Hall–Kier alpha value is -1.12. The number of ether oxygens (including phenoxy) is 1. The summed E-state index contributed by atoms with van der Waals surface area (Å²) in [5, 5.41) is 0. The zero-order chi connectivity index (χ0) is 7.28. The molecule has 0 fully saturated rings. The maximum Gasteiger partial charge on any atom is 0.184 e. The van der Waals surface area contributed by atoms with Crippen molar-refractivity contribution in [1.29, 1.82) is 0 Å². The van der Waals surface area contributed by atoms with Crippen LogP contribution in [0.5, 0.6) is 0 Å². The van der Waals surface area contributed by atoms with Crippen LogP contribution in [0.4, 0.5) is 0 Å². The summed E-state index contributed by atoms with van der Waals surface area (Å²) in [6, 6.07) is 0. The predicted octanol–water partition coefficient (Wildman–Crippen LogP) is 0.303. The Morgan fingerprint density at radius 3 is 2.56 bits per heavy atom. The monoisotopic (exact) mass is 128 g/mol. The van der Waals surface area contributed by atoms with Crippen LogP contribution in [0.2, 0.25) is 0 Å². The molecule has 0 heterocycles. The number of aldehydes is 2. The van der Waals surface area contributed by atoms with Crippen LogP contribution in [0.1, 0.15) is 6.92 Å². The van der Waals surface area contributed by atoms with Crippen LogP contribution in [0, 0.1) is 0 Å². The first-order valence-corrected chi connectivity index (χ1v) is 2.46. The lowest BCUT2D eigenvalue weighted by Gasteiger charge is -2.04. The molecule has 50 valence electrons. The summed E-state index contributed by atoms with van der Waals surface area (Å²) in [7, 11) is 0. The van der Waals surface area contributed by atoms with Crippen molar-refractivity contribution >= 4 is 12.6 Å². The number of carbonyl (C=O) groups is 2. The maximum atomic E-state index is 9.87. The number of carbonyl (C=O) groups excluding carboxylic acids is 2. The fourth-order valence-electron chi connectivity index (χ4n) is 0.294. The molecule has 0 radical (unpaired) electrons. The standard InChI is InChI=1S/C6H8O3/c1-5(3-7)9-6(2)4-8/h3-4,6H,1H2,2H3/t6-/m1/s1. The van der Waals surface area contributed by atoms with Crippen molar-refractivity contribution in [3.05, 3.63) is 12.3 Å². The summed E-state index contributed by atoms with van der Waals surface area (Å²) in [5.74, 6) is -0.0189. The highest BCUT2D eigenvalue weighted by atomic mass is 16.5. The molecule has 0 amide bonds. The highest BCUT2D eigenvalue weighted by Gasteiger charge is 1.99. The molecule has 0 aliphatic carbocycles. The largest absolute Gasteiger partial charge is 0.480 e. The summed E-state index contributed by atoms with van der Waals surface area (Å²) in [4.78, 5) is 19.7. The molecule has 0 spiro atoms. The van der Waals surface area contributed by atoms with Gasteiger partial charge in [0.2, 0.25) is 0 Å². The van der Waals surface area contributed by atoms with Crippen molar-refractivity contribution in [2.45, 2.75) is 13.0 Å². The molecule has 3 nitrogen and oxygen atoms in total. The summed E-state index contributed by atoms with van der Waals surface area (Å²) in [5.41, 5.74) is 0. The minimum Gasteiger partial charge on any atom is -0.480 e. The Morgan fingerprint density at radius 1 is 1.67 bits per heavy atom. The Bertz CT molecular complexity index is 128. The third-order valence-electron chi connectivity index (χ3n) is 0.660. The van der Waals surface area contributed by atoms with Crippen LogP contribution in [-0.2, 0) is 14.3 Å². The number of hydrogen-bond donors (Lipinski definition) is 0. The molecule has 0 bridgehead atoms. The van der Waals surface area contributed by atoms with Gasteiger partial charge in [-0.05, 0) is 6.92 Å². The molecule has 0 saturated carbocycles. The number of hydrogen-bond acceptors (Lipinski definition) is 3. The van der Waals surface area contributed by atoms with Crippen molar-refractivity contribution in [3.8, 4) is 0 Å². The Labute approximate surface area is 53.3 Å². The fourth-order valence-corrected chi connectivity index (χ4v) is 0.294. The van der Waals surface area contributed by atoms with E-state index in [0.29, 0.717) is 12.6 Å². The van der Waals surface area contributed by atoms with Gasteiger partial charge in [0, 0.05) is 0 Å². The van der Waals surface area contributed by atoms with Gasteiger partial charge in [-0.2, -0.15) is 0 Å². The van der Waals surface area contributed by atoms with E-state index in [2.05, 4.69) is 11.3 Å². The lowest BCUT2D eigenvalue weighted by molar-refractivity contribution is -0.117. The molecule has 0 aliphatic rings. The minimum absolute atomic E-state index is 0.0189. The van der Waals surface area contributed by atoms with Crippen LogP contribution >= 0.6 is 0 Å². The average molecular weight is 128 g/mol. The molecule has 0 unspecified atom stereocenters. The summed E-state index contributed by atoms with van der Waals surface area (Å²) in [6.07, 6.45) is 0.469. The molecule has 3 heteroatoms. The van der Waals surface area contributed by atoms with Gasteiger partial charge in [-0.25, -0.2) is 0 Å². The average Bonchev–Trinajstić information content (AvgIpc) is 1.87. The van der Waals surface area contributed by atoms with Gasteiger partial charge in [-0.15, -0.1) is 0 Å². The topological polar surface area (TPSA) is 43.4 Å². The Morgan fingerprint density at radius 2 is 2.22 bits per heavy atom. The zero-order valence-corrected chi connectivity index (χ0v) is 5.16. The van der Waals surface area contributed by atoms with Crippen LogP contribution in [0.15, 0.2) is 12.3 Å². The molecule has 0 aliphatic heterocycles. The number of allylic oxidation sites excluding steroid dienone is 1. The van der Waals surface area contributed by atoms with E-state index in [0.717, 1.165) is 0 Å². The van der Waals surface area contributed by atoms with Gasteiger partial charge in [0.05, 0.1) is 0 Å². The van der Waals surface area contributed by atoms with Crippen LogP contribution in [0.3, 0.4) is 0 Å². The molecular weight excluding hydrogens is 120 g/mol. The second kappa shape index (κ2) is 3.83. The smallest absolute Gasteiger partial charge is 0.184 e. The molecule has 0 aromatic carbocycles. The first kappa shape index (κ1) is 7.88. The van der Waals surface area contributed by atoms with Crippen LogP contribution in [-0.4, -0.2) is 18.7 Å². The van der Waals surface area contributed by atoms with E-state index in [1.807, 2.05) is 0 Å². The highest BCUT2D eigenvalue weighted by Crippen LogP contribution is 1.92. The van der Waals surface area contributed by atoms with E-state index in [1.54, 1.807) is 0 Å². The molecule has 1 atom stereocenters. The quantitative estimate of drug-likeness (QED) is 0.311. The van der Waals surface area contributed by atoms with Gasteiger partial charge in [-0.3, -0.25) is 9.59 Å². The van der Waals surface area contributed by atoms with Crippen molar-refractivity contribution in [1.82, 2.24) is 0 Å². The molecule has 0 N–H and O–H groups in total. The second-order valence-corrected chi connectivity index (χ2v) is 1.54. The molecule has 0 rings (SSSR count). The van der Waals surface area contributed by atoms with Gasteiger partial charge < -0.3 is 4.74 Å². The van der Waals surface area contributed by atoms with Gasteiger partial charge in [-0.1, -0.05) is 6.58 Å². The van der Waals surface area contributed by atoms with Crippen molar-refractivity contribution in [2.24, 2.45) is 0 Å². The fraction of sp³-hybridized carbons (Fsp3) is 0.333. The SMILES string of the molecule is C=C(C=O)O[C@H](C)C=O. The van der Waals surface area contributed by atoms with Gasteiger partial charge in [0.25, 0.3) is 0 Å². The zero-order valence-electron chi connectivity index (χ0n) is 5.16. The van der Waals surface area contributed by atoms with Crippen molar-refractivity contribution < 1.29 is 14.3 Å². The van der Waals surface area contributed by atoms with E-state index in [1.165, 1.54) is 6.92 Å². The van der Waals surface area contributed by atoms with Gasteiger partial charge in [0.1, 0.15) is 0 Å². The third-order valence-corrected chi connectivity index (χ3v) is 0.660. The van der Waals surface area contributed by atoms with Crippen molar-refractivity contribution in [3.63, 3.8) is 0 Å². The third kappa shape index (κ3) is 3.46. The van der Waals surface area contributed by atoms with E-state index in [9.17, 15) is 9.59 Å². The molecule has 9 heavy (non-hydrogen) atoms. The Balaban J connectivity index is 3.58. The van der Waals surface area contributed by atoms with Gasteiger partial charge >= 0.3 is 0 Å². The summed E-state index contributed by atoms with van der Waals surface area (Å²) < 4.78 is 4.62. The summed E-state index contributed by atoms with van der Waals surface area (Å²) in [6.45, 7) is 4.74. The van der Waals surface area contributed by atoms with Crippen molar-refractivity contribution in [2.75, 3.05) is 0 Å². The Kier molecular flexibility index (Phi) is 3.35. The second-order valence-electron chi connectivity index (χ2n) is 1.54. The highest BCUT2D eigenvalue weighted by molar-refractivity contribution is 5.70. The molecule has 0 saturated heterocycles. The lowest BCUT2D eigenvalue weighted by atomic mass is 10.4. The van der Waals surface area contributed by atoms with Crippen LogP contribution < -0.4 is 0 Å². The van der Waals surface area contributed by atoms with E-state index >= 15 is 0 Å². The predicted molar refractivity (Wildman–Crippen MR) is 31.8 cm³/mol. The molecule has 0 aromatic rings. The van der Waals surface area contributed by atoms with E-state index < -0.39 is 6.10 Å². The van der Waals surface area contributed by atoms with E-state index in [4.69, 9.17) is 0 Å². The molecular formula is C6H8O3. The van der Waals surface area contributed by atoms with Crippen LogP contribution in [0.25, 0.3) is 0 Å². The molecule has 0 aromatic heterocycles. The summed E-state index contributed by atoms with van der Waals surface area (Å²) >= 11 is 0. The lowest BCUT2D eigenvalue weighted by Crippen LogP contribution is -2.08.